The number of carbonyl (C=O) groups excluding carboxylic acids is 1. The summed E-state index contributed by atoms with van der Waals surface area (Å²) < 4.78 is 35.8. The van der Waals surface area contributed by atoms with E-state index >= 15 is 0 Å². The molecule has 0 aromatic heterocycles. The number of methoxy groups -OCH3 is 1. The Morgan fingerprint density at radius 3 is 2.40 bits per heavy atom. The summed E-state index contributed by atoms with van der Waals surface area (Å²) in [7, 11) is -2.29. The van der Waals surface area contributed by atoms with E-state index in [4.69, 9.17) is 21.1 Å². The minimum absolute atomic E-state index is 0.230. The van der Waals surface area contributed by atoms with Gasteiger partial charge in [0, 0.05) is 0 Å². The maximum absolute atomic E-state index is 12.4. The summed E-state index contributed by atoms with van der Waals surface area (Å²) in [5.74, 6) is 0.534. The maximum atomic E-state index is 12.4. The minimum atomic E-state index is -3.74. The highest BCUT2D eigenvalue weighted by Gasteiger charge is 2.21. The molecule has 0 saturated carbocycles. The molecule has 0 aliphatic carbocycles. The van der Waals surface area contributed by atoms with Gasteiger partial charge in [0.05, 0.1) is 36.4 Å². The molecule has 0 aliphatic heterocycles. The Balaban J connectivity index is 2.12. The standard InChI is InChI=1S/C20H24ClN3O5S/c1-5-29-17-9-6-15(7-10-17)14(2)22-23-20(25)13-24(30(4,26)27)16-8-11-19(28-3)18(21)12-16/h6-12H,5,13H2,1-4H3,(H,23,25)/b22-14-. The van der Waals surface area contributed by atoms with E-state index in [2.05, 4.69) is 10.5 Å². The molecule has 1 amide bonds. The van der Waals surface area contributed by atoms with Gasteiger partial charge in [-0.15, -0.1) is 0 Å². The summed E-state index contributed by atoms with van der Waals surface area (Å²) in [5.41, 5.74) is 3.98. The summed E-state index contributed by atoms with van der Waals surface area (Å²) in [4.78, 5) is 12.4. The van der Waals surface area contributed by atoms with Gasteiger partial charge in [-0.1, -0.05) is 11.6 Å². The smallest absolute Gasteiger partial charge is 0.260 e. The molecular formula is C20H24ClN3O5S. The predicted molar refractivity (Wildman–Crippen MR) is 118 cm³/mol. The minimum Gasteiger partial charge on any atom is -0.495 e. The second kappa shape index (κ2) is 10.3. The lowest BCUT2D eigenvalue weighted by Gasteiger charge is -2.22. The van der Waals surface area contributed by atoms with E-state index in [0.717, 1.165) is 21.9 Å². The molecule has 0 heterocycles. The number of benzene rings is 2. The topological polar surface area (TPSA) is 97.3 Å². The number of rotatable bonds is 9. The molecule has 8 nitrogen and oxygen atoms in total. The monoisotopic (exact) mass is 453 g/mol. The summed E-state index contributed by atoms with van der Waals surface area (Å²) in [6.45, 7) is 3.74. The molecule has 10 heteroatoms. The van der Waals surface area contributed by atoms with Gasteiger partial charge in [0.25, 0.3) is 5.91 Å². The number of carbonyl (C=O) groups is 1. The van der Waals surface area contributed by atoms with Crippen LogP contribution in [0.15, 0.2) is 47.6 Å². The zero-order valence-electron chi connectivity index (χ0n) is 17.2. The first kappa shape index (κ1) is 23.5. The molecule has 2 aromatic rings. The molecule has 0 unspecified atom stereocenters. The lowest BCUT2D eigenvalue weighted by Crippen LogP contribution is -2.39. The van der Waals surface area contributed by atoms with Crippen molar-refractivity contribution in [3.63, 3.8) is 0 Å². The molecule has 2 aromatic carbocycles. The van der Waals surface area contributed by atoms with E-state index in [0.29, 0.717) is 18.1 Å². The van der Waals surface area contributed by atoms with E-state index in [1.165, 1.54) is 25.3 Å². The van der Waals surface area contributed by atoms with Crippen LogP contribution in [0.2, 0.25) is 5.02 Å². The second-order valence-corrected chi connectivity index (χ2v) is 8.59. The molecule has 0 bridgehead atoms. The highest BCUT2D eigenvalue weighted by Crippen LogP contribution is 2.30. The number of ether oxygens (including phenoxy) is 2. The fourth-order valence-corrected chi connectivity index (χ4v) is 3.65. The van der Waals surface area contributed by atoms with Crippen LogP contribution in [0.4, 0.5) is 5.69 Å². The van der Waals surface area contributed by atoms with Gasteiger partial charge in [0.1, 0.15) is 18.0 Å². The third-order valence-electron chi connectivity index (χ3n) is 4.04. The molecule has 0 spiro atoms. The Hall–Kier alpha value is -2.78. The van der Waals surface area contributed by atoms with Gasteiger partial charge in [0.15, 0.2) is 0 Å². The van der Waals surface area contributed by atoms with Crippen LogP contribution in [0.5, 0.6) is 11.5 Å². The molecular weight excluding hydrogens is 430 g/mol. The number of amides is 1. The van der Waals surface area contributed by atoms with Crippen molar-refractivity contribution < 1.29 is 22.7 Å². The largest absolute Gasteiger partial charge is 0.495 e. The highest BCUT2D eigenvalue weighted by atomic mass is 35.5. The van der Waals surface area contributed by atoms with Crippen molar-refractivity contribution in [3.05, 3.63) is 53.1 Å². The number of nitrogens with zero attached hydrogens (tertiary/aromatic N) is 2. The van der Waals surface area contributed by atoms with Crippen molar-refractivity contribution in [2.45, 2.75) is 13.8 Å². The zero-order valence-corrected chi connectivity index (χ0v) is 18.7. The van der Waals surface area contributed by atoms with E-state index < -0.39 is 22.5 Å². The van der Waals surface area contributed by atoms with Gasteiger partial charge in [-0.3, -0.25) is 9.10 Å². The van der Waals surface area contributed by atoms with Crippen molar-refractivity contribution in [2.24, 2.45) is 5.10 Å². The summed E-state index contributed by atoms with van der Waals surface area (Å²) in [6, 6.07) is 11.7. The van der Waals surface area contributed by atoms with Crippen LogP contribution < -0.4 is 19.2 Å². The van der Waals surface area contributed by atoms with Gasteiger partial charge < -0.3 is 9.47 Å². The van der Waals surface area contributed by atoms with Crippen LogP contribution in [0.3, 0.4) is 0 Å². The van der Waals surface area contributed by atoms with Crippen LogP contribution >= 0.6 is 11.6 Å². The first-order chi connectivity index (χ1) is 14.2. The Kier molecular flexibility index (Phi) is 8.08. The number of sulfonamides is 1. The van der Waals surface area contributed by atoms with Crippen molar-refractivity contribution >= 4 is 38.9 Å². The van der Waals surface area contributed by atoms with Gasteiger partial charge in [-0.2, -0.15) is 5.10 Å². The first-order valence-corrected chi connectivity index (χ1v) is 11.3. The van der Waals surface area contributed by atoms with Crippen molar-refractivity contribution in [1.82, 2.24) is 5.43 Å². The average Bonchev–Trinajstić information content (AvgIpc) is 2.70. The molecule has 162 valence electrons. The Morgan fingerprint density at radius 1 is 1.20 bits per heavy atom. The summed E-state index contributed by atoms with van der Waals surface area (Å²) in [6.07, 6.45) is 1.01. The van der Waals surface area contributed by atoms with Gasteiger partial charge in [-0.05, 0) is 61.9 Å². The Bertz CT molecular complexity index is 1020. The molecule has 0 atom stereocenters. The SMILES string of the molecule is CCOc1ccc(/C(C)=N\NC(=O)CN(c2ccc(OC)c(Cl)c2)S(C)(=O)=O)cc1. The van der Waals surface area contributed by atoms with Crippen LogP contribution in [-0.2, 0) is 14.8 Å². The summed E-state index contributed by atoms with van der Waals surface area (Å²) >= 11 is 6.08. The highest BCUT2D eigenvalue weighted by molar-refractivity contribution is 7.92. The Labute approximate surface area is 181 Å². The van der Waals surface area contributed by atoms with Crippen LogP contribution in [-0.4, -0.2) is 46.6 Å². The molecule has 0 radical (unpaired) electrons. The number of anilines is 1. The maximum Gasteiger partial charge on any atom is 0.260 e. The average molecular weight is 454 g/mol. The molecule has 1 N–H and O–H groups in total. The van der Waals surface area contributed by atoms with Crippen molar-refractivity contribution in [3.8, 4) is 11.5 Å². The zero-order chi connectivity index (χ0) is 22.3. The number of hydrogen-bond acceptors (Lipinski definition) is 6. The molecule has 0 fully saturated rings. The fraction of sp³-hybridized carbons (Fsp3) is 0.300. The van der Waals surface area contributed by atoms with Crippen LogP contribution in [0, 0.1) is 0 Å². The van der Waals surface area contributed by atoms with E-state index in [-0.39, 0.29) is 10.7 Å². The van der Waals surface area contributed by atoms with Gasteiger partial charge in [0.2, 0.25) is 10.0 Å². The lowest BCUT2D eigenvalue weighted by atomic mass is 10.1. The fourth-order valence-electron chi connectivity index (χ4n) is 2.55. The van der Waals surface area contributed by atoms with Gasteiger partial charge >= 0.3 is 0 Å². The Morgan fingerprint density at radius 2 is 1.87 bits per heavy atom. The second-order valence-electron chi connectivity index (χ2n) is 6.28. The number of hydrogen-bond donors (Lipinski definition) is 1. The quantitative estimate of drug-likeness (QED) is 0.465. The van der Waals surface area contributed by atoms with Crippen LogP contribution in [0.25, 0.3) is 0 Å². The molecule has 0 aliphatic rings. The lowest BCUT2D eigenvalue weighted by molar-refractivity contribution is -0.119. The molecule has 2 rings (SSSR count). The molecule has 30 heavy (non-hydrogen) atoms. The normalized spacial score (nSPS) is 11.7. The number of nitrogens with one attached hydrogen (secondary N) is 1. The van der Waals surface area contributed by atoms with E-state index in [1.807, 2.05) is 19.1 Å². The van der Waals surface area contributed by atoms with E-state index in [9.17, 15) is 13.2 Å². The predicted octanol–water partition coefficient (Wildman–Crippen LogP) is 3.05. The van der Waals surface area contributed by atoms with E-state index in [1.54, 1.807) is 19.1 Å². The number of halogens is 1. The van der Waals surface area contributed by atoms with Crippen molar-refractivity contribution in [2.75, 3.05) is 30.8 Å². The molecule has 0 saturated heterocycles. The van der Waals surface area contributed by atoms with Crippen LogP contribution in [0.1, 0.15) is 19.4 Å². The number of hydrazone groups is 1. The third-order valence-corrected chi connectivity index (χ3v) is 5.48. The van der Waals surface area contributed by atoms with Crippen molar-refractivity contribution in [1.29, 1.82) is 0 Å². The third kappa shape index (κ3) is 6.36. The van der Waals surface area contributed by atoms with Gasteiger partial charge in [-0.25, -0.2) is 13.8 Å². The first-order valence-electron chi connectivity index (χ1n) is 9.03. The summed E-state index contributed by atoms with van der Waals surface area (Å²) in [5, 5.41) is 4.28.